The van der Waals surface area contributed by atoms with Crippen LogP contribution in [0.3, 0.4) is 0 Å². The van der Waals surface area contributed by atoms with Gasteiger partial charge >= 0.3 is 5.97 Å². The van der Waals surface area contributed by atoms with Crippen LogP contribution in [0, 0.1) is 11.8 Å². The molecule has 0 aromatic heterocycles. The van der Waals surface area contributed by atoms with E-state index in [1.54, 1.807) is 0 Å². The lowest BCUT2D eigenvalue weighted by atomic mass is 10.1. The van der Waals surface area contributed by atoms with Crippen LogP contribution in [0.1, 0.15) is 49.9 Å². The molecule has 0 unspecified atom stereocenters. The number of carbonyl (C=O) groups excluding carboxylic acids is 1. The van der Waals surface area contributed by atoms with E-state index >= 15 is 0 Å². The molecule has 1 aromatic rings. The molecule has 2 fully saturated rings. The number of hydrogen-bond acceptors (Lipinski definition) is 3. The van der Waals surface area contributed by atoms with Crippen molar-refractivity contribution in [3.05, 3.63) is 29.8 Å². The van der Waals surface area contributed by atoms with Gasteiger partial charge in [-0.2, -0.15) is 0 Å². The van der Waals surface area contributed by atoms with Crippen molar-refractivity contribution in [2.24, 2.45) is 11.8 Å². The number of nitrogens with one attached hydrogen (secondary N) is 1. The molecular formula is C17H23NO2. The minimum Gasteiger partial charge on any atom is -0.459 e. The lowest BCUT2D eigenvalue weighted by Crippen LogP contribution is -2.24. The van der Waals surface area contributed by atoms with E-state index in [9.17, 15) is 4.79 Å². The Morgan fingerprint density at radius 1 is 1.10 bits per heavy atom. The van der Waals surface area contributed by atoms with E-state index in [1.165, 1.54) is 25.7 Å². The molecule has 2 saturated carbocycles. The SMILES string of the molecule is CC(C)OC(=O)c1ccc(NC(C2CC2)C2CC2)cc1. The number of esters is 1. The highest BCUT2D eigenvalue weighted by atomic mass is 16.5. The summed E-state index contributed by atoms with van der Waals surface area (Å²) in [5, 5.41) is 3.66. The van der Waals surface area contributed by atoms with E-state index in [0.29, 0.717) is 11.6 Å². The summed E-state index contributed by atoms with van der Waals surface area (Å²) in [6, 6.07) is 8.33. The molecule has 108 valence electrons. The third-order valence-electron chi connectivity index (χ3n) is 4.06. The average molecular weight is 273 g/mol. The van der Waals surface area contributed by atoms with E-state index in [1.807, 2.05) is 38.1 Å². The second-order valence-corrected chi connectivity index (χ2v) is 6.38. The Balaban J connectivity index is 1.62. The lowest BCUT2D eigenvalue weighted by molar-refractivity contribution is 0.0378. The van der Waals surface area contributed by atoms with Gasteiger partial charge < -0.3 is 10.1 Å². The molecule has 2 aliphatic rings. The Kier molecular flexibility index (Phi) is 3.68. The zero-order chi connectivity index (χ0) is 14.1. The van der Waals surface area contributed by atoms with Crippen LogP contribution in [0.5, 0.6) is 0 Å². The van der Waals surface area contributed by atoms with E-state index in [4.69, 9.17) is 4.74 Å². The molecule has 3 heteroatoms. The van der Waals surface area contributed by atoms with E-state index < -0.39 is 0 Å². The number of ether oxygens (including phenoxy) is 1. The monoisotopic (exact) mass is 273 g/mol. The van der Waals surface area contributed by atoms with Crippen molar-refractivity contribution in [1.82, 2.24) is 0 Å². The predicted octanol–water partition coefficient (Wildman–Crippen LogP) is 3.85. The van der Waals surface area contributed by atoms with Gasteiger partial charge in [-0.3, -0.25) is 0 Å². The van der Waals surface area contributed by atoms with Crippen LogP contribution in [0.2, 0.25) is 0 Å². The first-order valence-corrected chi connectivity index (χ1v) is 7.71. The van der Waals surface area contributed by atoms with Gasteiger partial charge in [0.05, 0.1) is 11.7 Å². The highest BCUT2D eigenvalue weighted by Gasteiger charge is 2.41. The van der Waals surface area contributed by atoms with Gasteiger partial charge in [-0.1, -0.05) is 0 Å². The quantitative estimate of drug-likeness (QED) is 0.800. The molecule has 0 amide bonds. The molecular weight excluding hydrogens is 250 g/mol. The number of benzene rings is 1. The first-order valence-electron chi connectivity index (χ1n) is 7.71. The Labute approximate surface area is 120 Å². The van der Waals surface area contributed by atoms with Crippen molar-refractivity contribution in [3.8, 4) is 0 Å². The normalized spacial score (nSPS) is 18.4. The van der Waals surface area contributed by atoms with Gasteiger partial charge in [0, 0.05) is 11.7 Å². The maximum atomic E-state index is 11.8. The molecule has 0 radical (unpaired) electrons. The molecule has 0 aliphatic heterocycles. The molecule has 0 bridgehead atoms. The largest absolute Gasteiger partial charge is 0.459 e. The molecule has 20 heavy (non-hydrogen) atoms. The van der Waals surface area contributed by atoms with Gasteiger partial charge in [0.1, 0.15) is 0 Å². The third-order valence-corrected chi connectivity index (χ3v) is 4.06. The fraction of sp³-hybridized carbons (Fsp3) is 0.588. The van der Waals surface area contributed by atoms with Crippen molar-refractivity contribution in [2.45, 2.75) is 51.7 Å². The van der Waals surface area contributed by atoms with Gasteiger partial charge in [-0.15, -0.1) is 0 Å². The molecule has 0 saturated heterocycles. The minimum atomic E-state index is -0.243. The van der Waals surface area contributed by atoms with Crippen LogP contribution in [0.15, 0.2) is 24.3 Å². The second-order valence-electron chi connectivity index (χ2n) is 6.38. The van der Waals surface area contributed by atoms with Crippen molar-refractivity contribution in [2.75, 3.05) is 5.32 Å². The van der Waals surface area contributed by atoms with Crippen LogP contribution in [0.4, 0.5) is 5.69 Å². The molecule has 1 aromatic carbocycles. The predicted molar refractivity (Wildman–Crippen MR) is 79.9 cm³/mol. The van der Waals surface area contributed by atoms with E-state index in [2.05, 4.69) is 5.32 Å². The number of carbonyl (C=O) groups is 1. The Hall–Kier alpha value is -1.51. The summed E-state index contributed by atoms with van der Waals surface area (Å²) in [6.45, 7) is 3.73. The molecule has 0 atom stereocenters. The highest BCUT2D eigenvalue weighted by Crippen LogP contribution is 2.45. The third kappa shape index (κ3) is 3.33. The average Bonchev–Trinajstić information content (AvgIpc) is 3.28. The molecule has 3 nitrogen and oxygen atoms in total. The summed E-state index contributed by atoms with van der Waals surface area (Å²) in [4.78, 5) is 11.8. The number of anilines is 1. The van der Waals surface area contributed by atoms with Crippen molar-refractivity contribution < 1.29 is 9.53 Å². The zero-order valence-electron chi connectivity index (χ0n) is 12.3. The highest BCUT2D eigenvalue weighted by molar-refractivity contribution is 5.89. The van der Waals surface area contributed by atoms with Crippen LogP contribution in [0.25, 0.3) is 0 Å². The first kappa shape index (κ1) is 13.5. The first-order chi connectivity index (χ1) is 9.63. The fourth-order valence-corrected chi connectivity index (χ4v) is 2.71. The van der Waals surface area contributed by atoms with E-state index in [0.717, 1.165) is 17.5 Å². The zero-order valence-corrected chi connectivity index (χ0v) is 12.3. The maximum Gasteiger partial charge on any atom is 0.338 e. The summed E-state index contributed by atoms with van der Waals surface area (Å²) in [6.07, 6.45) is 5.40. The van der Waals surface area contributed by atoms with Crippen LogP contribution < -0.4 is 5.32 Å². The molecule has 0 spiro atoms. The van der Waals surface area contributed by atoms with Crippen LogP contribution in [-0.4, -0.2) is 18.1 Å². The van der Waals surface area contributed by atoms with Gasteiger partial charge in [0.2, 0.25) is 0 Å². The fourth-order valence-electron chi connectivity index (χ4n) is 2.71. The summed E-state index contributed by atoms with van der Waals surface area (Å²) < 4.78 is 5.19. The second kappa shape index (κ2) is 5.47. The van der Waals surface area contributed by atoms with Crippen molar-refractivity contribution >= 4 is 11.7 Å². The Bertz CT molecular complexity index is 460. The van der Waals surface area contributed by atoms with Crippen LogP contribution >= 0.6 is 0 Å². The van der Waals surface area contributed by atoms with E-state index in [-0.39, 0.29) is 12.1 Å². The lowest BCUT2D eigenvalue weighted by Gasteiger charge is -2.19. The van der Waals surface area contributed by atoms with Gasteiger partial charge in [0.25, 0.3) is 0 Å². The molecule has 3 rings (SSSR count). The van der Waals surface area contributed by atoms with Gasteiger partial charge in [-0.25, -0.2) is 4.79 Å². The number of rotatable bonds is 6. The summed E-state index contributed by atoms with van der Waals surface area (Å²) in [5.41, 5.74) is 1.74. The molecule has 0 heterocycles. The summed E-state index contributed by atoms with van der Waals surface area (Å²) >= 11 is 0. The molecule has 1 N–H and O–H groups in total. The Morgan fingerprint density at radius 3 is 2.10 bits per heavy atom. The summed E-state index contributed by atoms with van der Waals surface area (Å²) in [5.74, 6) is 1.49. The standard InChI is InChI=1S/C17H23NO2/c1-11(2)20-17(19)14-7-9-15(10-8-14)18-16(12-3-4-12)13-5-6-13/h7-13,16,18H,3-6H2,1-2H3. The summed E-state index contributed by atoms with van der Waals surface area (Å²) in [7, 11) is 0. The molecule has 2 aliphatic carbocycles. The van der Waals surface area contributed by atoms with Crippen LogP contribution in [-0.2, 0) is 4.74 Å². The Morgan fingerprint density at radius 2 is 1.65 bits per heavy atom. The smallest absolute Gasteiger partial charge is 0.338 e. The maximum absolute atomic E-state index is 11.8. The topological polar surface area (TPSA) is 38.3 Å². The minimum absolute atomic E-state index is 0.0746. The van der Waals surface area contributed by atoms with Gasteiger partial charge in [-0.05, 0) is 75.6 Å². The number of hydrogen-bond donors (Lipinski definition) is 1. The van der Waals surface area contributed by atoms with Crippen molar-refractivity contribution in [3.63, 3.8) is 0 Å². The van der Waals surface area contributed by atoms with Crippen molar-refractivity contribution in [1.29, 1.82) is 0 Å². The van der Waals surface area contributed by atoms with Gasteiger partial charge in [0.15, 0.2) is 0 Å².